The Hall–Kier alpha value is -2.18. The number of amides is 1. The number of ether oxygens (including phenoxy) is 1. The number of nitrogens with one attached hydrogen (secondary N) is 1. The molecule has 16 heavy (non-hydrogen) atoms. The normalized spacial score (nSPS) is 19.1. The molecule has 1 fully saturated rings. The lowest BCUT2D eigenvalue weighted by Crippen LogP contribution is -2.18. The molecule has 1 amide bonds. The third kappa shape index (κ3) is 1.79. The molecule has 0 aromatic heterocycles. The van der Waals surface area contributed by atoms with E-state index in [0.717, 1.165) is 12.1 Å². The van der Waals surface area contributed by atoms with Crippen LogP contribution in [0.15, 0.2) is 18.2 Å². The molecule has 1 aliphatic heterocycles. The number of nitro groups is 1. The Morgan fingerprint density at radius 1 is 1.56 bits per heavy atom. The van der Waals surface area contributed by atoms with Gasteiger partial charge in [-0.15, -0.1) is 0 Å². The predicted molar refractivity (Wildman–Crippen MR) is 50.3 cm³/mol. The summed E-state index contributed by atoms with van der Waals surface area (Å²) in [6.07, 6.45) is -0.580. The lowest BCUT2D eigenvalue weighted by molar-refractivity contribution is -0.387. The maximum atomic E-state index is 13.3. The monoisotopic (exact) mass is 226 g/mol. The maximum absolute atomic E-state index is 13.3. The molecular formula is C9H7FN2O4. The molecule has 1 N–H and O–H groups in total. The largest absolute Gasteiger partial charge is 0.447 e. The molecule has 1 atom stereocenters. The van der Waals surface area contributed by atoms with Gasteiger partial charge in [-0.2, -0.15) is 4.39 Å². The predicted octanol–water partition coefficient (Wildman–Crippen LogP) is 1.51. The topological polar surface area (TPSA) is 81.5 Å². The molecular weight excluding hydrogens is 219 g/mol. The fraction of sp³-hybridized carbons (Fsp3) is 0.222. The van der Waals surface area contributed by atoms with Crippen LogP contribution in [-0.2, 0) is 4.74 Å². The second-order valence-corrected chi connectivity index (χ2v) is 3.26. The van der Waals surface area contributed by atoms with Gasteiger partial charge in [0.2, 0.25) is 5.82 Å². The molecule has 0 bridgehead atoms. The van der Waals surface area contributed by atoms with E-state index >= 15 is 0 Å². The standard InChI is InChI=1S/C9H7FN2O4/c10-6-3-5(1-2-8(6)12(14)15)7-4-16-9(13)11-7/h1-3,7H,4H2,(H,11,13). The number of nitro benzene ring substituents is 1. The molecule has 1 aliphatic rings. The molecule has 84 valence electrons. The number of carbonyl (C=O) groups is 1. The van der Waals surface area contributed by atoms with Crippen molar-refractivity contribution in [3.63, 3.8) is 0 Å². The number of hydrogen-bond donors (Lipinski definition) is 1. The van der Waals surface area contributed by atoms with Gasteiger partial charge < -0.3 is 10.1 Å². The minimum atomic E-state index is -0.927. The van der Waals surface area contributed by atoms with Crippen molar-refractivity contribution >= 4 is 11.8 Å². The van der Waals surface area contributed by atoms with Gasteiger partial charge in [0.25, 0.3) is 0 Å². The van der Waals surface area contributed by atoms with Gasteiger partial charge >= 0.3 is 11.8 Å². The van der Waals surface area contributed by atoms with E-state index in [9.17, 15) is 19.3 Å². The summed E-state index contributed by atoms with van der Waals surface area (Å²) in [5.41, 5.74) is -0.150. The second kappa shape index (κ2) is 3.76. The SMILES string of the molecule is O=C1NC(c2ccc([N+](=O)[O-])c(F)c2)CO1. The highest BCUT2D eigenvalue weighted by Gasteiger charge is 2.25. The van der Waals surface area contributed by atoms with Crippen molar-refractivity contribution in [2.24, 2.45) is 0 Å². The van der Waals surface area contributed by atoms with E-state index in [4.69, 9.17) is 0 Å². The highest BCUT2D eigenvalue weighted by Crippen LogP contribution is 2.24. The lowest BCUT2D eigenvalue weighted by atomic mass is 10.1. The fourth-order valence-electron chi connectivity index (χ4n) is 1.45. The van der Waals surface area contributed by atoms with Crippen LogP contribution in [0.5, 0.6) is 0 Å². The van der Waals surface area contributed by atoms with Crippen molar-refractivity contribution in [3.8, 4) is 0 Å². The molecule has 0 radical (unpaired) electrons. The first-order valence-corrected chi connectivity index (χ1v) is 4.45. The first kappa shape index (κ1) is 10.3. The van der Waals surface area contributed by atoms with Crippen molar-refractivity contribution in [2.45, 2.75) is 6.04 Å². The van der Waals surface area contributed by atoms with Crippen molar-refractivity contribution in [2.75, 3.05) is 6.61 Å². The number of benzene rings is 1. The molecule has 1 heterocycles. The number of carbonyl (C=O) groups excluding carboxylic acids is 1. The van der Waals surface area contributed by atoms with Gasteiger partial charge in [0.05, 0.1) is 11.0 Å². The zero-order valence-corrected chi connectivity index (χ0v) is 7.97. The Bertz CT molecular complexity index is 463. The van der Waals surface area contributed by atoms with Crippen LogP contribution in [0.4, 0.5) is 14.9 Å². The third-order valence-corrected chi connectivity index (χ3v) is 2.24. The number of rotatable bonds is 2. The van der Waals surface area contributed by atoms with Crippen molar-refractivity contribution in [1.82, 2.24) is 5.32 Å². The van der Waals surface area contributed by atoms with E-state index in [-0.39, 0.29) is 6.61 Å². The molecule has 6 nitrogen and oxygen atoms in total. The smallest absolute Gasteiger partial charge is 0.407 e. The van der Waals surface area contributed by atoms with Crippen LogP contribution in [0.2, 0.25) is 0 Å². The molecule has 0 aliphatic carbocycles. The van der Waals surface area contributed by atoms with Gasteiger partial charge in [-0.25, -0.2) is 4.79 Å². The highest BCUT2D eigenvalue weighted by atomic mass is 19.1. The van der Waals surface area contributed by atoms with Crippen LogP contribution in [-0.4, -0.2) is 17.6 Å². The highest BCUT2D eigenvalue weighted by molar-refractivity contribution is 5.70. The average molecular weight is 226 g/mol. The molecule has 1 aromatic carbocycles. The molecule has 2 rings (SSSR count). The number of halogens is 1. The zero-order valence-electron chi connectivity index (χ0n) is 7.97. The lowest BCUT2D eigenvalue weighted by Gasteiger charge is -2.07. The average Bonchev–Trinajstić information content (AvgIpc) is 2.64. The summed E-state index contributed by atoms with van der Waals surface area (Å²) >= 11 is 0. The zero-order chi connectivity index (χ0) is 11.7. The molecule has 0 saturated carbocycles. The van der Waals surface area contributed by atoms with Crippen LogP contribution in [0, 0.1) is 15.9 Å². The van der Waals surface area contributed by atoms with E-state index < -0.39 is 28.6 Å². The summed E-state index contributed by atoms with van der Waals surface area (Å²) < 4.78 is 17.9. The van der Waals surface area contributed by atoms with E-state index in [0.29, 0.717) is 5.56 Å². The van der Waals surface area contributed by atoms with Gasteiger partial charge in [-0.3, -0.25) is 10.1 Å². The van der Waals surface area contributed by atoms with E-state index in [1.165, 1.54) is 6.07 Å². The summed E-state index contributed by atoms with van der Waals surface area (Å²) in [7, 11) is 0. The van der Waals surface area contributed by atoms with Gasteiger partial charge in [-0.1, -0.05) is 0 Å². The Kier molecular flexibility index (Phi) is 2.43. The molecule has 1 aromatic rings. The van der Waals surface area contributed by atoms with E-state index in [1.807, 2.05) is 0 Å². The Morgan fingerprint density at radius 3 is 2.81 bits per heavy atom. The molecule has 1 unspecified atom stereocenters. The van der Waals surface area contributed by atoms with Gasteiger partial charge in [0, 0.05) is 6.07 Å². The molecule has 0 spiro atoms. The van der Waals surface area contributed by atoms with Crippen molar-refractivity contribution in [1.29, 1.82) is 0 Å². The number of alkyl carbamates (subject to hydrolysis) is 1. The molecule has 7 heteroatoms. The minimum Gasteiger partial charge on any atom is -0.447 e. The quantitative estimate of drug-likeness (QED) is 0.612. The number of nitrogens with zero attached hydrogens (tertiary/aromatic N) is 1. The summed E-state index contributed by atoms with van der Waals surface area (Å²) in [5.74, 6) is -0.927. The first-order valence-electron chi connectivity index (χ1n) is 4.45. The van der Waals surface area contributed by atoms with Crippen LogP contribution in [0.3, 0.4) is 0 Å². The van der Waals surface area contributed by atoms with Crippen molar-refractivity contribution < 1.29 is 18.8 Å². The molecule has 1 saturated heterocycles. The Labute approximate surface area is 89.2 Å². The summed E-state index contributed by atoms with van der Waals surface area (Å²) in [6, 6.07) is 3.02. The second-order valence-electron chi connectivity index (χ2n) is 3.26. The van der Waals surface area contributed by atoms with Crippen LogP contribution in [0.1, 0.15) is 11.6 Å². The van der Waals surface area contributed by atoms with Crippen molar-refractivity contribution in [3.05, 3.63) is 39.7 Å². The van der Waals surface area contributed by atoms with Crippen LogP contribution in [0.25, 0.3) is 0 Å². The van der Waals surface area contributed by atoms with Gasteiger partial charge in [0.15, 0.2) is 0 Å². The van der Waals surface area contributed by atoms with Gasteiger partial charge in [-0.05, 0) is 17.7 Å². The van der Waals surface area contributed by atoms with Crippen LogP contribution >= 0.6 is 0 Å². The third-order valence-electron chi connectivity index (χ3n) is 2.24. The first-order chi connectivity index (χ1) is 7.58. The summed E-state index contributed by atoms with van der Waals surface area (Å²) in [6.45, 7) is 0.0933. The summed E-state index contributed by atoms with van der Waals surface area (Å²) in [5, 5.41) is 12.8. The Morgan fingerprint density at radius 2 is 2.31 bits per heavy atom. The van der Waals surface area contributed by atoms with E-state index in [2.05, 4.69) is 10.1 Å². The fourth-order valence-corrected chi connectivity index (χ4v) is 1.45. The van der Waals surface area contributed by atoms with Gasteiger partial charge in [0.1, 0.15) is 6.61 Å². The Balaban J connectivity index is 2.27. The van der Waals surface area contributed by atoms with Crippen LogP contribution < -0.4 is 5.32 Å². The summed E-state index contributed by atoms with van der Waals surface area (Å²) in [4.78, 5) is 20.3. The maximum Gasteiger partial charge on any atom is 0.407 e. The van der Waals surface area contributed by atoms with E-state index in [1.54, 1.807) is 0 Å². The minimum absolute atomic E-state index is 0.0933. The number of hydrogen-bond acceptors (Lipinski definition) is 4. The number of cyclic esters (lactones) is 1.